The van der Waals surface area contributed by atoms with Crippen LogP contribution in [0, 0.1) is 0 Å². The SMILES string of the molecule is NN=C(N)SCC1CNC(=O)O1. The zero-order chi connectivity index (χ0) is 8.97. The molecule has 1 saturated heterocycles. The minimum absolute atomic E-state index is 0.136. The Labute approximate surface area is 73.7 Å². The van der Waals surface area contributed by atoms with E-state index in [2.05, 4.69) is 10.4 Å². The molecule has 1 aliphatic rings. The molecule has 0 aliphatic carbocycles. The summed E-state index contributed by atoms with van der Waals surface area (Å²) in [6, 6.07) is 0. The van der Waals surface area contributed by atoms with Gasteiger partial charge in [-0.2, -0.15) is 5.10 Å². The molecule has 1 amide bonds. The lowest BCUT2D eigenvalue weighted by molar-refractivity contribution is 0.150. The van der Waals surface area contributed by atoms with E-state index in [0.717, 1.165) is 0 Å². The summed E-state index contributed by atoms with van der Waals surface area (Å²) in [6.45, 7) is 0.518. The monoisotopic (exact) mass is 190 g/mol. The fourth-order valence-corrected chi connectivity index (χ4v) is 1.36. The number of hydrazone groups is 1. The molecule has 5 N–H and O–H groups in total. The van der Waals surface area contributed by atoms with E-state index in [4.69, 9.17) is 16.3 Å². The van der Waals surface area contributed by atoms with Gasteiger partial charge in [0.2, 0.25) is 0 Å². The Morgan fingerprint density at radius 3 is 3.17 bits per heavy atom. The van der Waals surface area contributed by atoms with Crippen molar-refractivity contribution in [3.63, 3.8) is 0 Å². The number of alkyl carbamates (subject to hydrolysis) is 1. The summed E-state index contributed by atoms with van der Waals surface area (Å²) in [5, 5.41) is 6.08. The van der Waals surface area contributed by atoms with Crippen LogP contribution in [0.15, 0.2) is 5.10 Å². The van der Waals surface area contributed by atoms with Gasteiger partial charge in [0.25, 0.3) is 0 Å². The van der Waals surface area contributed by atoms with Crippen LogP contribution in [-0.4, -0.2) is 29.7 Å². The maximum atomic E-state index is 10.5. The van der Waals surface area contributed by atoms with Crippen LogP contribution in [0.25, 0.3) is 0 Å². The first-order valence-electron chi connectivity index (χ1n) is 3.33. The number of rotatable bonds is 2. The number of ether oxygens (including phenoxy) is 1. The molecule has 1 fully saturated rings. The van der Waals surface area contributed by atoms with Crippen molar-refractivity contribution in [3.8, 4) is 0 Å². The molecule has 0 radical (unpaired) electrons. The van der Waals surface area contributed by atoms with E-state index in [1.807, 2.05) is 0 Å². The van der Waals surface area contributed by atoms with Gasteiger partial charge in [-0.1, -0.05) is 11.8 Å². The first-order valence-corrected chi connectivity index (χ1v) is 4.31. The summed E-state index contributed by atoms with van der Waals surface area (Å²) in [5.41, 5.74) is 5.31. The van der Waals surface area contributed by atoms with Gasteiger partial charge in [-0.15, -0.1) is 0 Å². The molecule has 7 heteroatoms. The molecular formula is C5H10N4O2S. The number of amides is 1. The zero-order valence-corrected chi connectivity index (χ0v) is 7.13. The van der Waals surface area contributed by atoms with Gasteiger partial charge in [-0.25, -0.2) is 4.79 Å². The summed E-state index contributed by atoms with van der Waals surface area (Å²) < 4.78 is 4.83. The molecule has 1 heterocycles. The fraction of sp³-hybridized carbons (Fsp3) is 0.600. The van der Waals surface area contributed by atoms with Crippen LogP contribution in [0.2, 0.25) is 0 Å². The van der Waals surface area contributed by atoms with Crippen LogP contribution in [0.3, 0.4) is 0 Å². The fourth-order valence-electron chi connectivity index (χ4n) is 0.740. The van der Waals surface area contributed by atoms with Gasteiger partial charge in [0.1, 0.15) is 6.10 Å². The molecule has 1 unspecified atom stereocenters. The molecule has 0 bridgehead atoms. The molecule has 0 aromatic carbocycles. The minimum Gasteiger partial charge on any atom is -0.443 e. The van der Waals surface area contributed by atoms with Crippen LogP contribution < -0.4 is 16.9 Å². The second-order valence-electron chi connectivity index (χ2n) is 2.19. The molecule has 0 saturated carbocycles. The largest absolute Gasteiger partial charge is 0.443 e. The van der Waals surface area contributed by atoms with Gasteiger partial charge in [0, 0.05) is 5.75 Å². The molecular weight excluding hydrogens is 180 g/mol. The predicted molar refractivity (Wildman–Crippen MR) is 46.5 cm³/mol. The molecule has 68 valence electrons. The van der Waals surface area contributed by atoms with Crippen LogP contribution in [0.4, 0.5) is 4.79 Å². The Balaban J connectivity index is 2.20. The van der Waals surface area contributed by atoms with E-state index in [-0.39, 0.29) is 17.4 Å². The van der Waals surface area contributed by atoms with Crippen LogP contribution in [-0.2, 0) is 4.74 Å². The van der Waals surface area contributed by atoms with Crippen molar-refractivity contribution in [1.82, 2.24) is 5.32 Å². The Hall–Kier alpha value is -1.11. The van der Waals surface area contributed by atoms with Crippen molar-refractivity contribution in [2.45, 2.75) is 6.10 Å². The standard InChI is InChI=1S/C5H10N4O2S/c6-4(9-7)12-2-3-1-8-5(10)11-3/h3H,1-2,7H2,(H2,6,9)(H,8,10). The van der Waals surface area contributed by atoms with E-state index in [0.29, 0.717) is 12.3 Å². The number of thioether (sulfide) groups is 1. The van der Waals surface area contributed by atoms with Crippen molar-refractivity contribution >= 4 is 23.0 Å². The first kappa shape index (κ1) is 8.98. The maximum absolute atomic E-state index is 10.5. The lowest BCUT2D eigenvalue weighted by atomic mass is 10.4. The normalized spacial score (nSPS) is 23.5. The summed E-state index contributed by atoms with van der Waals surface area (Å²) in [7, 11) is 0. The topological polar surface area (TPSA) is 103 Å². The van der Waals surface area contributed by atoms with E-state index in [1.54, 1.807) is 0 Å². The molecule has 0 aromatic heterocycles. The third-order valence-electron chi connectivity index (χ3n) is 1.29. The number of nitrogens with two attached hydrogens (primary N) is 2. The Morgan fingerprint density at radius 2 is 2.67 bits per heavy atom. The van der Waals surface area contributed by atoms with Gasteiger partial charge in [-0.3, -0.25) is 0 Å². The van der Waals surface area contributed by atoms with Crippen molar-refractivity contribution in [2.24, 2.45) is 16.7 Å². The van der Waals surface area contributed by atoms with Crippen LogP contribution in [0.1, 0.15) is 0 Å². The minimum atomic E-state index is -0.385. The highest BCUT2D eigenvalue weighted by atomic mass is 32.2. The summed E-state index contributed by atoms with van der Waals surface area (Å²) in [4.78, 5) is 10.5. The molecule has 12 heavy (non-hydrogen) atoms. The molecule has 0 aromatic rings. The van der Waals surface area contributed by atoms with Crippen LogP contribution in [0.5, 0.6) is 0 Å². The second-order valence-corrected chi connectivity index (χ2v) is 3.23. The van der Waals surface area contributed by atoms with Crippen molar-refractivity contribution in [2.75, 3.05) is 12.3 Å². The van der Waals surface area contributed by atoms with E-state index >= 15 is 0 Å². The highest BCUT2D eigenvalue weighted by Crippen LogP contribution is 2.08. The van der Waals surface area contributed by atoms with Gasteiger partial charge >= 0.3 is 6.09 Å². The number of nitrogens with zero attached hydrogens (tertiary/aromatic N) is 1. The quantitative estimate of drug-likeness (QED) is 0.225. The smallest absolute Gasteiger partial charge is 0.407 e. The van der Waals surface area contributed by atoms with E-state index in [1.165, 1.54) is 11.8 Å². The molecule has 0 spiro atoms. The average molecular weight is 190 g/mol. The highest BCUT2D eigenvalue weighted by Gasteiger charge is 2.22. The Bertz CT molecular complexity index is 208. The maximum Gasteiger partial charge on any atom is 0.407 e. The van der Waals surface area contributed by atoms with E-state index in [9.17, 15) is 4.79 Å². The number of cyclic esters (lactones) is 1. The number of carbonyl (C=O) groups excluding carboxylic acids is 1. The van der Waals surface area contributed by atoms with Crippen LogP contribution >= 0.6 is 11.8 Å². The average Bonchev–Trinajstić information content (AvgIpc) is 2.47. The Morgan fingerprint density at radius 1 is 1.92 bits per heavy atom. The lowest BCUT2D eigenvalue weighted by Gasteiger charge is -2.04. The number of nitrogens with one attached hydrogen (secondary N) is 1. The number of amidine groups is 1. The summed E-state index contributed by atoms with van der Waals surface area (Å²) >= 11 is 1.26. The van der Waals surface area contributed by atoms with Crippen molar-refractivity contribution in [1.29, 1.82) is 0 Å². The van der Waals surface area contributed by atoms with Crippen molar-refractivity contribution < 1.29 is 9.53 Å². The first-order chi connectivity index (χ1) is 5.72. The lowest BCUT2D eigenvalue weighted by Crippen LogP contribution is -2.19. The molecule has 6 nitrogen and oxygen atoms in total. The summed E-state index contributed by atoms with van der Waals surface area (Å²) in [5.74, 6) is 5.48. The second kappa shape index (κ2) is 4.05. The third-order valence-corrected chi connectivity index (χ3v) is 2.23. The van der Waals surface area contributed by atoms with Gasteiger partial charge in [0.05, 0.1) is 6.54 Å². The number of hydrogen-bond acceptors (Lipinski definition) is 5. The molecule has 1 atom stereocenters. The van der Waals surface area contributed by atoms with Crippen molar-refractivity contribution in [3.05, 3.63) is 0 Å². The molecule has 1 rings (SSSR count). The highest BCUT2D eigenvalue weighted by molar-refractivity contribution is 8.13. The summed E-state index contributed by atoms with van der Waals surface area (Å²) in [6.07, 6.45) is -0.522. The Kier molecular flexibility index (Phi) is 3.03. The third kappa shape index (κ3) is 2.50. The van der Waals surface area contributed by atoms with Gasteiger partial charge < -0.3 is 21.6 Å². The van der Waals surface area contributed by atoms with E-state index < -0.39 is 0 Å². The van der Waals surface area contributed by atoms with Gasteiger partial charge in [0.15, 0.2) is 5.17 Å². The zero-order valence-electron chi connectivity index (χ0n) is 6.32. The van der Waals surface area contributed by atoms with Gasteiger partial charge in [-0.05, 0) is 0 Å². The number of carbonyl (C=O) groups is 1. The number of hydrogen-bond donors (Lipinski definition) is 3. The molecule has 1 aliphatic heterocycles. The predicted octanol–water partition coefficient (Wildman–Crippen LogP) is -0.984.